The molecule has 36 heavy (non-hydrogen) atoms. The second-order valence-electron chi connectivity index (χ2n) is 9.57. The van der Waals surface area contributed by atoms with Crippen molar-refractivity contribution in [1.82, 2.24) is 10.2 Å². The Bertz CT molecular complexity index is 1060. The standard InChI is InChI=1S/C26H33N3O6S/c1-26(2,3)35-25(33)28-21(15-36)24(32)29(18-9-10-18)22(16-5-11-19(30)12-6-16)23(31)27-17-7-13-20(34-4)14-8-17/h5-8,11-14,18,21-22,30,36H,9-10,15H2,1-4H3,(H,27,31)(H,28,33). The predicted molar refractivity (Wildman–Crippen MR) is 139 cm³/mol. The number of hydrogen-bond acceptors (Lipinski definition) is 7. The summed E-state index contributed by atoms with van der Waals surface area (Å²) in [5.74, 6) is -0.175. The lowest BCUT2D eigenvalue weighted by Gasteiger charge is -2.34. The third-order valence-corrected chi connectivity index (χ3v) is 5.82. The molecule has 0 aromatic heterocycles. The van der Waals surface area contributed by atoms with Crippen LogP contribution in [-0.4, -0.2) is 58.5 Å². The Labute approximate surface area is 216 Å². The molecule has 3 N–H and O–H groups in total. The number of anilines is 1. The van der Waals surface area contributed by atoms with Crippen LogP contribution in [0.1, 0.15) is 45.2 Å². The third-order valence-electron chi connectivity index (χ3n) is 5.46. The van der Waals surface area contributed by atoms with Gasteiger partial charge in [-0.15, -0.1) is 0 Å². The van der Waals surface area contributed by atoms with E-state index in [0.29, 0.717) is 17.0 Å². The Morgan fingerprint density at radius 2 is 1.69 bits per heavy atom. The number of aromatic hydroxyl groups is 1. The van der Waals surface area contributed by atoms with Gasteiger partial charge in [-0.05, 0) is 75.6 Å². The quantitative estimate of drug-likeness (QED) is 0.377. The maximum atomic E-state index is 13.7. The minimum absolute atomic E-state index is 0.0176. The first-order valence-corrected chi connectivity index (χ1v) is 12.3. The SMILES string of the molecule is COc1ccc(NC(=O)C(c2ccc(O)cc2)N(C(=O)C(CS)NC(=O)OC(C)(C)C)C2CC2)cc1. The van der Waals surface area contributed by atoms with Crippen LogP contribution in [0.2, 0.25) is 0 Å². The molecule has 2 atom stereocenters. The summed E-state index contributed by atoms with van der Waals surface area (Å²) in [5.41, 5.74) is 0.316. The molecule has 0 spiro atoms. The first-order chi connectivity index (χ1) is 17.0. The summed E-state index contributed by atoms with van der Waals surface area (Å²) in [6, 6.07) is 10.8. The molecule has 0 aliphatic heterocycles. The molecule has 2 aromatic rings. The number of nitrogens with zero attached hydrogens (tertiary/aromatic N) is 1. The van der Waals surface area contributed by atoms with Crippen molar-refractivity contribution in [2.24, 2.45) is 0 Å². The highest BCUT2D eigenvalue weighted by atomic mass is 32.1. The van der Waals surface area contributed by atoms with Gasteiger partial charge in [0.1, 0.15) is 29.2 Å². The minimum Gasteiger partial charge on any atom is -0.508 e. The molecule has 0 saturated heterocycles. The van der Waals surface area contributed by atoms with Crippen LogP contribution in [0.4, 0.5) is 10.5 Å². The molecule has 0 radical (unpaired) electrons. The Morgan fingerprint density at radius 1 is 1.08 bits per heavy atom. The Hall–Kier alpha value is -3.40. The molecule has 0 heterocycles. The summed E-state index contributed by atoms with van der Waals surface area (Å²) in [7, 11) is 1.55. The number of amides is 3. The van der Waals surface area contributed by atoms with Crippen molar-refractivity contribution in [2.45, 2.75) is 57.3 Å². The van der Waals surface area contributed by atoms with Crippen LogP contribution in [0, 0.1) is 0 Å². The summed E-state index contributed by atoms with van der Waals surface area (Å²) < 4.78 is 10.5. The lowest BCUT2D eigenvalue weighted by atomic mass is 10.0. The maximum absolute atomic E-state index is 13.7. The Kier molecular flexibility index (Phi) is 8.73. The smallest absolute Gasteiger partial charge is 0.408 e. The summed E-state index contributed by atoms with van der Waals surface area (Å²) in [4.78, 5) is 41.3. The molecule has 194 valence electrons. The van der Waals surface area contributed by atoms with Crippen molar-refractivity contribution in [3.8, 4) is 11.5 Å². The number of rotatable bonds is 9. The van der Waals surface area contributed by atoms with E-state index in [4.69, 9.17) is 9.47 Å². The average molecular weight is 516 g/mol. The van der Waals surface area contributed by atoms with Gasteiger partial charge in [0.05, 0.1) is 7.11 Å². The van der Waals surface area contributed by atoms with E-state index in [1.165, 1.54) is 17.0 Å². The number of thiol groups is 1. The molecular formula is C26H33N3O6S. The number of nitrogens with one attached hydrogen (secondary N) is 2. The molecule has 2 unspecified atom stereocenters. The van der Waals surface area contributed by atoms with E-state index >= 15 is 0 Å². The number of alkyl carbamates (subject to hydrolysis) is 1. The van der Waals surface area contributed by atoms with Crippen LogP contribution < -0.4 is 15.4 Å². The van der Waals surface area contributed by atoms with Crippen molar-refractivity contribution in [3.05, 3.63) is 54.1 Å². The van der Waals surface area contributed by atoms with Crippen molar-refractivity contribution >= 4 is 36.2 Å². The van der Waals surface area contributed by atoms with Gasteiger partial charge in [0, 0.05) is 17.5 Å². The topological polar surface area (TPSA) is 117 Å². The largest absolute Gasteiger partial charge is 0.508 e. The van der Waals surface area contributed by atoms with Gasteiger partial charge in [-0.1, -0.05) is 12.1 Å². The van der Waals surface area contributed by atoms with Crippen molar-refractivity contribution in [3.63, 3.8) is 0 Å². The first-order valence-electron chi connectivity index (χ1n) is 11.7. The van der Waals surface area contributed by atoms with Gasteiger partial charge in [-0.2, -0.15) is 12.6 Å². The van der Waals surface area contributed by atoms with Crippen LogP contribution in [-0.2, 0) is 14.3 Å². The Balaban J connectivity index is 1.91. The number of carbonyl (C=O) groups is 3. The highest BCUT2D eigenvalue weighted by Crippen LogP contribution is 2.36. The number of carbonyl (C=O) groups excluding carboxylic acids is 3. The first kappa shape index (κ1) is 27.2. The molecule has 3 amide bonds. The second kappa shape index (κ2) is 11.6. The molecule has 1 aliphatic rings. The van der Waals surface area contributed by atoms with E-state index in [9.17, 15) is 19.5 Å². The van der Waals surface area contributed by atoms with E-state index in [0.717, 1.165) is 12.8 Å². The molecule has 10 heteroatoms. The average Bonchev–Trinajstić information content (AvgIpc) is 3.65. The maximum Gasteiger partial charge on any atom is 0.408 e. The zero-order valence-corrected chi connectivity index (χ0v) is 21.7. The summed E-state index contributed by atoms with van der Waals surface area (Å²) in [6.07, 6.45) is 0.707. The van der Waals surface area contributed by atoms with Crippen molar-refractivity contribution < 1.29 is 29.0 Å². The highest BCUT2D eigenvalue weighted by molar-refractivity contribution is 7.80. The van der Waals surface area contributed by atoms with Gasteiger partial charge in [-0.25, -0.2) is 4.79 Å². The monoisotopic (exact) mass is 515 g/mol. The van der Waals surface area contributed by atoms with Crippen LogP contribution in [0.5, 0.6) is 11.5 Å². The summed E-state index contributed by atoms with van der Waals surface area (Å²) in [5, 5.41) is 15.2. The van der Waals surface area contributed by atoms with Gasteiger partial charge < -0.3 is 30.1 Å². The van der Waals surface area contributed by atoms with Crippen molar-refractivity contribution in [2.75, 3.05) is 18.2 Å². The molecule has 1 fully saturated rings. The summed E-state index contributed by atoms with van der Waals surface area (Å²) >= 11 is 4.28. The van der Waals surface area contributed by atoms with Gasteiger partial charge in [0.15, 0.2) is 0 Å². The predicted octanol–water partition coefficient (Wildman–Crippen LogP) is 3.89. The van der Waals surface area contributed by atoms with Gasteiger partial charge in [0.25, 0.3) is 5.91 Å². The lowest BCUT2D eigenvalue weighted by Crippen LogP contribution is -2.54. The molecule has 2 aromatic carbocycles. The minimum atomic E-state index is -1.00. The fraction of sp³-hybridized carbons (Fsp3) is 0.423. The van der Waals surface area contributed by atoms with Crippen LogP contribution in [0.15, 0.2) is 48.5 Å². The summed E-state index contributed by atoms with van der Waals surface area (Å²) in [6.45, 7) is 5.18. The van der Waals surface area contributed by atoms with Gasteiger partial charge in [-0.3, -0.25) is 9.59 Å². The second-order valence-corrected chi connectivity index (χ2v) is 9.94. The zero-order valence-electron chi connectivity index (χ0n) is 20.9. The van der Waals surface area contributed by atoms with Gasteiger partial charge in [0.2, 0.25) is 5.91 Å². The zero-order chi connectivity index (χ0) is 26.5. The molecule has 1 aliphatic carbocycles. The van der Waals surface area contributed by atoms with E-state index in [2.05, 4.69) is 23.3 Å². The number of benzene rings is 2. The molecule has 9 nitrogen and oxygen atoms in total. The van der Waals surface area contributed by atoms with E-state index < -0.39 is 35.6 Å². The van der Waals surface area contributed by atoms with Crippen LogP contribution in [0.25, 0.3) is 0 Å². The molecular weight excluding hydrogens is 482 g/mol. The number of methoxy groups -OCH3 is 1. The van der Waals surface area contributed by atoms with E-state index in [-0.39, 0.29) is 17.5 Å². The third kappa shape index (κ3) is 7.30. The number of ether oxygens (including phenoxy) is 2. The Morgan fingerprint density at radius 3 is 2.19 bits per heavy atom. The normalized spacial score (nSPS) is 14.8. The van der Waals surface area contributed by atoms with E-state index in [1.807, 2.05) is 0 Å². The fourth-order valence-electron chi connectivity index (χ4n) is 3.67. The fourth-order valence-corrected chi connectivity index (χ4v) is 3.91. The lowest BCUT2D eigenvalue weighted by molar-refractivity contribution is -0.141. The van der Waals surface area contributed by atoms with Gasteiger partial charge >= 0.3 is 6.09 Å². The van der Waals surface area contributed by atoms with Crippen LogP contribution >= 0.6 is 12.6 Å². The molecule has 0 bridgehead atoms. The van der Waals surface area contributed by atoms with Crippen LogP contribution in [0.3, 0.4) is 0 Å². The number of phenols is 1. The van der Waals surface area contributed by atoms with Crippen molar-refractivity contribution in [1.29, 1.82) is 0 Å². The molecule has 1 saturated carbocycles. The highest BCUT2D eigenvalue weighted by Gasteiger charge is 2.43. The molecule has 3 rings (SSSR count). The number of hydrogen-bond donors (Lipinski definition) is 4. The van der Waals surface area contributed by atoms with E-state index in [1.54, 1.807) is 64.3 Å². The number of phenolic OH excluding ortho intramolecular Hbond substituents is 1.